The topological polar surface area (TPSA) is 18.5 Å². The SMILES string of the molecule is C[CH]=[Zr]([Cl])([Cl])([CH]1C(O[Si](c2ccccc2)(c2ccccc2)C(C)(C)C)=CC2=C1CCCC2)[CH]1C(O[Si](c2ccccc2)(c2ccccc2)C(C)(C)C)=CC2=C1CCCC2. The van der Waals surface area contributed by atoms with E-state index in [1.165, 1.54) is 55.9 Å². The number of rotatable bonds is 10. The molecule has 7 heteroatoms. The monoisotopic (exact) mass is 934 g/mol. The van der Waals surface area contributed by atoms with Gasteiger partial charge in [0.25, 0.3) is 0 Å². The predicted octanol–water partition coefficient (Wildman–Crippen LogP) is 13.1. The molecule has 8 rings (SSSR count). The van der Waals surface area contributed by atoms with Crippen LogP contribution in [0.25, 0.3) is 0 Å². The summed E-state index contributed by atoms with van der Waals surface area (Å²) in [6.07, 6.45) is 13.5. The Hall–Kier alpha value is -2.79. The number of allylic oxidation sites excluding steroid dienone is 6. The fourth-order valence-electron chi connectivity index (χ4n) is 11.3. The van der Waals surface area contributed by atoms with E-state index in [0.717, 1.165) is 50.0 Å². The van der Waals surface area contributed by atoms with Gasteiger partial charge in [0, 0.05) is 0 Å². The zero-order valence-corrected chi connectivity index (χ0v) is 42.1. The van der Waals surface area contributed by atoms with Gasteiger partial charge in [-0.1, -0.05) is 0 Å². The Kier molecular flexibility index (Phi) is 11.7. The standard InChI is InChI=1S/2C25H29OSi.C2H4.2ClH.Zr/c2*1-25(2,3)27(23-14-6-4-7-15-23,24-16-8-5-9-17-24)26-22-18-20-12-10-11-13-21(20)19-22;1-2;;;/h2*4-9,14-19H,10-13H2,1-3H3;1H,2H3;2*1H;/q;;;;;+2/p-2. The van der Waals surface area contributed by atoms with Crippen molar-refractivity contribution in [3.05, 3.63) is 167 Å². The molecule has 2 nitrogen and oxygen atoms in total. The molecule has 4 aliphatic carbocycles. The molecule has 0 N–H and O–H groups in total. The molecule has 0 fully saturated rings. The summed E-state index contributed by atoms with van der Waals surface area (Å²) in [5, 5.41) is 4.61. The molecule has 0 radical (unpaired) electrons. The van der Waals surface area contributed by atoms with Crippen LogP contribution in [0.3, 0.4) is 0 Å². The Bertz CT molecular complexity index is 2140. The van der Waals surface area contributed by atoms with Crippen LogP contribution in [0.1, 0.15) is 99.8 Å². The van der Waals surface area contributed by atoms with Crippen LogP contribution in [0.5, 0.6) is 0 Å². The van der Waals surface area contributed by atoms with E-state index in [0.29, 0.717) is 0 Å². The van der Waals surface area contributed by atoms with Crippen LogP contribution in [0, 0.1) is 0 Å². The van der Waals surface area contributed by atoms with Gasteiger partial charge in [0.15, 0.2) is 0 Å². The molecule has 4 aromatic carbocycles. The van der Waals surface area contributed by atoms with Crippen molar-refractivity contribution in [2.45, 2.75) is 117 Å². The van der Waals surface area contributed by atoms with Crippen molar-refractivity contribution in [1.29, 1.82) is 0 Å². The zero-order chi connectivity index (χ0) is 41.7. The first-order valence-electron chi connectivity index (χ1n) is 22.0. The molecule has 0 saturated carbocycles. The molecule has 4 aliphatic rings. The van der Waals surface area contributed by atoms with Gasteiger partial charge < -0.3 is 0 Å². The number of hydrogen-bond acceptors (Lipinski definition) is 2. The van der Waals surface area contributed by atoms with Gasteiger partial charge in [0.05, 0.1) is 0 Å². The summed E-state index contributed by atoms with van der Waals surface area (Å²) < 4.78 is 18.2. The van der Waals surface area contributed by atoms with E-state index < -0.39 is 32.5 Å². The van der Waals surface area contributed by atoms with E-state index in [1.807, 2.05) is 0 Å². The van der Waals surface area contributed by atoms with Crippen LogP contribution in [-0.4, -0.2) is 20.3 Å². The maximum absolute atomic E-state index is 8.93. The van der Waals surface area contributed by atoms with Gasteiger partial charge in [-0.2, -0.15) is 0 Å². The molecule has 2 unspecified atom stereocenters. The normalized spacial score (nSPS) is 20.4. The molecule has 0 amide bonds. The summed E-state index contributed by atoms with van der Waals surface area (Å²) in [5.41, 5.74) is 5.64. The molecule has 59 heavy (non-hydrogen) atoms. The van der Waals surface area contributed by atoms with Crippen LogP contribution < -0.4 is 20.7 Å². The first-order chi connectivity index (χ1) is 28.1. The maximum atomic E-state index is 8.93. The molecular weight excluding hydrogens is 875 g/mol. The predicted molar refractivity (Wildman–Crippen MR) is 256 cm³/mol. The van der Waals surface area contributed by atoms with Gasteiger partial charge >= 0.3 is 367 Å². The third-order valence-corrected chi connectivity index (χ3v) is 42.9. The van der Waals surface area contributed by atoms with Crippen LogP contribution >= 0.6 is 17.0 Å². The van der Waals surface area contributed by atoms with Gasteiger partial charge in [-0.05, 0) is 0 Å². The summed E-state index contributed by atoms with van der Waals surface area (Å²) in [6.45, 7) is 16.4. The molecule has 0 bridgehead atoms. The average Bonchev–Trinajstić information content (AvgIpc) is 3.81. The Morgan fingerprint density at radius 3 is 1.05 bits per heavy atom. The van der Waals surface area contributed by atoms with Gasteiger partial charge in [-0.15, -0.1) is 0 Å². The first-order valence-corrected chi connectivity index (χ1v) is 36.4. The van der Waals surface area contributed by atoms with E-state index in [9.17, 15) is 0 Å². The third kappa shape index (κ3) is 7.21. The second-order valence-electron chi connectivity index (χ2n) is 19.5. The minimum atomic E-state index is -5.44. The fourth-order valence-corrected chi connectivity index (χ4v) is 37.2. The molecular formula is C52H62Cl2O2Si2Zr. The van der Waals surface area contributed by atoms with Gasteiger partial charge in [-0.3, -0.25) is 0 Å². The van der Waals surface area contributed by atoms with Crippen molar-refractivity contribution < 1.29 is 24.8 Å². The van der Waals surface area contributed by atoms with Crippen molar-refractivity contribution in [2.24, 2.45) is 0 Å². The number of halogens is 2. The van der Waals surface area contributed by atoms with E-state index in [2.05, 4.69) is 186 Å². The van der Waals surface area contributed by atoms with Crippen LogP contribution in [-0.2, 0) is 24.8 Å². The summed E-state index contributed by atoms with van der Waals surface area (Å²) in [4.78, 5) is 0. The Labute approximate surface area is 364 Å². The third-order valence-electron chi connectivity index (χ3n) is 14.0. The molecule has 4 aromatic rings. The number of hydrogen-bond donors (Lipinski definition) is 0. The Balaban J connectivity index is 1.35. The second-order valence-corrected chi connectivity index (χ2v) is 49.4. The van der Waals surface area contributed by atoms with E-state index in [1.54, 1.807) is 0 Å². The van der Waals surface area contributed by atoms with Gasteiger partial charge in [0.1, 0.15) is 0 Å². The summed E-state index contributed by atoms with van der Waals surface area (Å²) in [6, 6.07) is 44.1. The molecule has 308 valence electrons. The molecule has 0 aliphatic heterocycles. The molecule has 0 aromatic heterocycles. The Morgan fingerprint density at radius 1 is 0.492 bits per heavy atom. The fraction of sp³-hybridized carbons (Fsp3) is 0.365. The van der Waals surface area contributed by atoms with Crippen molar-refractivity contribution in [3.63, 3.8) is 0 Å². The van der Waals surface area contributed by atoms with Crippen LogP contribution in [0.15, 0.2) is 167 Å². The van der Waals surface area contributed by atoms with Crippen LogP contribution in [0.4, 0.5) is 0 Å². The first kappa shape index (κ1) is 42.9. The second kappa shape index (κ2) is 16.2. The minimum absolute atomic E-state index is 0.202. The molecule has 0 heterocycles. The Morgan fingerprint density at radius 2 is 0.780 bits per heavy atom. The van der Waals surface area contributed by atoms with Crippen molar-refractivity contribution in [2.75, 3.05) is 0 Å². The molecule has 0 spiro atoms. The molecule has 2 atom stereocenters. The summed E-state index contributed by atoms with van der Waals surface area (Å²) >= 11 is -5.44. The average molecular weight is 937 g/mol. The quantitative estimate of drug-likeness (QED) is 0.148. The van der Waals surface area contributed by atoms with Gasteiger partial charge in [-0.25, -0.2) is 0 Å². The summed E-state index contributed by atoms with van der Waals surface area (Å²) in [5.74, 6) is 1.99. The van der Waals surface area contributed by atoms with Crippen molar-refractivity contribution in [3.8, 4) is 0 Å². The van der Waals surface area contributed by atoms with Crippen molar-refractivity contribution >= 4 is 58.1 Å². The molecule has 0 saturated heterocycles. The van der Waals surface area contributed by atoms with Gasteiger partial charge in [0.2, 0.25) is 0 Å². The number of benzene rings is 4. The van der Waals surface area contributed by atoms with E-state index in [-0.39, 0.29) is 17.3 Å². The van der Waals surface area contributed by atoms with E-state index in [4.69, 9.17) is 25.9 Å². The van der Waals surface area contributed by atoms with Crippen LogP contribution in [0.2, 0.25) is 17.3 Å². The van der Waals surface area contributed by atoms with Crippen molar-refractivity contribution in [1.82, 2.24) is 0 Å². The zero-order valence-electron chi connectivity index (χ0n) is 36.2. The van der Waals surface area contributed by atoms with E-state index >= 15 is 0 Å². The summed E-state index contributed by atoms with van der Waals surface area (Å²) in [7, 11) is 11.8.